The van der Waals surface area contributed by atoms with Gasteiger partial charge in [0.05, 0.1) is 0 Å². The van der Waals surface area contributed by atoms with Crippen LogP contribution in [0.2, 0.25) is 0 Å². The Balaban J connectivity index is 2.28. The van der Waals surface area contributed by atoms with Crippen LogP contribution in [0.4, 0.5) is 0 Å². The van der Waals surface area contributed by atoms with Crippen LogP contribution >= 0.6 is 0 Å². The molecule has 1 rings (SSSR count). The molecule has 1 aromatic rings. The Morgan fingerprint density at radius 2 is 2.27 bits per heavy atom. The van der Waals surface area contributed by atoms with E-state index in [4.69, 9.17) is 0 Å². The van der Waals surface area contributed by atoms with Gasteiger partial charge in [0.15, 0.2) is 0 Å². The zero-order chi connectivity index (χ0) is 11.3. The second kappa shape index (κ2) is 5.30. The number of nitrogens with one attached hydrogen (secondary N) is 3. The Morgan fingerprint density at radius 3 is 2.80 bits per heavy atom. The number of rotatable bonds is 5. The van der Waals surface area contributed by atoms with Crippen molar-refractivity contribution in [1.29, 1.82) is 0 Å². The molecule has 1 amide bonds. The number of amides is 1. The fourth-order valence-electron chi connectivity index (χ4n) is 1.06. The molecule has 0 radical (unpaired) electrons. The largest absolute Gasteiger partial charge is 0.349 e. The summed E-state index contributed by atoms with van der Waals surface area (Å²) in [5.41, 5.74) is -0.478. The summed E-state index contributed by atoms with van der Waals surface area (Å²) in [6, 6.07) is 0. The van der Waals surface area contributed by atoms with Crippen LogP contribution in [0, 0.1) is 0 Å². The van der Waals surface area contributed by atoms with Gasteiger partial charge in [-0.15, -0.1) is 5.10 Å². The molecule has 84 valence electrons. The van der Waals surface area contributed by atoms with Crippen LogP contribution in [0.1, 0.15) is 17.0 Å². The van der Waals surface area contributed by atoms with Crippen molar-refractivity contribution in [2.45, 2.75) is 6.42 Å². The minimum atomic E-state index is -0.478. The second-order valence-corrected chi connectivity index (χ2v) is 3.44. The highest BCUT2D eigenvalue weighted by Gasteiger charge is 2.08. The number of carbonyl (C=O) groups is 1. The first kappa shape index (κ1) is 11.4. The Morgan fingerprint density at radius 1 is 1.53 bits per heavy atom. The Labute approximate surface area is 86.9 Å². The lowest BCUT2D eigenvalue weighted by atomic mass is 10.4. The highest BCUT2D eigenvalue weighted by atomic mass is 16.2. The van der Waals surface area contributed by atoms with E-state index in [1.54, 1.807) is 0 Å². The van der Waals surface area contributed by atoms with Crippen molar-refractivity contribution in [3.05, 3.63) is 16.3 Å². The van der Waals surface area contributed by atoms with Crippen LogP contribution in [-0.2, 0) is 0 Å². The highest BCUT2D eigenvalue weighted by molar-refractivity contribution is 5.90. The van der Waals surface area contributed by atoms with E-state index in [-0.39, 0.29) is 11.7 Å². The maximum atomic E-state index is 11.3. The topological polar surface area (TPSA) is 93.9 Å². The van der Waals surface area contributed by atoms with Crippen molar-refractivity contribution < 1.29 is 4.79 Å². The van der Waals surface area contributed by atoms with E-state index in [2.05, 4.69) is 20.5 Å². The third-order valence-corrected chi connectivity index (χ3v) is 1.78. The number of H-pyrrole nitrogens is 2. The molecule has 0 aliphatic rings. The number of hydrogen-bond acceptors (Lipinski definition) is 4. The van der Waals surface area contributed by atoms with E-state index in [0.717, 1.165) is 13.0 Å². The third kappa shape index (κ3) is 3.94. The molecule has 7 heteroatoms. The van der Waals surface area contributed by atoms with Crippen LogP contribution < -0.4 is 11.0 Å². The molecule has 0 saturated carbocycles. The first-order valence-corrected chi connectivity index (χ1v) is 4.67. The van der Waals surface area contributed by atoms with Gasteiger partial charge in [-0.2, -0.15) is 0 Å². The normalized spacial score (nSPS) is 10.6. The summed E-state index contributed by atoms with van der Waals surface area (Å²) >= 11 is 0. The van der Waals surface area contributed by atoms with Gasteiger partial charge >= 0.3 is 5.69 Å². The third-order valence-electron chi connectivity index (χ3n) is 1.78. The standard InChI is InChI=1S/C8H15N5O2/c1-13(2)5-3-4-9-7(14)6-10-8(15)12-11-6/h3-5H2,1-2H3,(H,9,14)(H2,10,11,12,15). The molecule has 0 aromatic carbocycles. The van der Waals surface area contributed by atoms with Crippen LogP contribution in [0.5, 0.6) is 0 Å². The zero-order valence-electron chi connectivity index (χ0n) is 8.83. The number of carbonyl (C=O) groups excluding carboxylic acids is 1. The van der Waals surface area contributed by atoms with Gasteiger partial charge in [0.1, 0.15) is 0 Å². The predicted octanol–water partition coefficient (Wildman–Crippen LogP) is -1.22. The summed E-state index contributed by atoms with van der Waals surface area (Å²) < 4.78 is 0. The average molecular weight is 213 g/mol. The van der Waals surface area contributed by atoms with E-state index >= 15 is 0 Å². The van der Waals surface area contributed by atoms with Gasteiger partial charge in [0, 0.05) is 6.54 Å². The molecule has 3 N–H and O–H groups in total. The Hall–Kier alpha value is -1.63. The van der Waals surface area contributed by atoms with Gasteiger partial charge < -0.3 is 10.2 Å². The molecule has 15 heavy (non-hydrogen) atoms. The number of hydrogen-bond donors (Lipinski definition) is 3. The maximum Gasteiger partial charge on any atom is 0.341 e. The van der Waals surface area contributed by atoms with Crippen LogP contribution in [0.3, 0.4) is 0 Å². The smallest absolute Gasteiger partial charge is 0.341 e. The van der Waals surface area contributed by atoms with Crippen molar-refractivity contribution in [1.82, 2.24) is 25.4 Å². The van der Waals surface area contributed by atoms with Gasteiger partial charge in [-0.05, 0) is 27.1 Å². The maximum absolute atomic E-state index is 11.3. The van der Waals surface area contributed by atoms with Gasteiger partial charge in [-0.3, -0.25) is 9.78 Å². The van der Waals surface area contributed by atoms with Crippen molar-refractivity contribution in [3.8, 4) is 0 Å². The molecule has 1 aromatic heterocycles. The molecule has 1 heterocycles. The highest BCUT2D eigenvalue weighted by Crippen LogP contribution is 1.84. The van der Waals surface area contributed by atoms with Crippen molar-refractivity contribution in [2.24, 2.45) is 0 Å². The lowest BCUT2D eigenvalue weighted by Gasteiger charge is -2.08. The van der Waals surface area contributed by atoms with Gasteiger partial charge in [-0.1, -0.05) is 0 Å². The Kier molecular flexibility index (Phi) is 4.04. The molecule has 0 aliphatic carbocycles. The van der Waals surface area contributed by atoms with Gasteiger partial charge in [0.2, 0.25) is 5.82 Å². The minimum Gasteiger partial charge on any atom is -0.349 e. The fourth-order valence-corrected chi connectivity index (χ4v) is 1.06. The molecule has 7 nitrogen and oxygen atoms in total. The molecular weight excluding hydrogens is 198 g/mol. The summed E-state index contributed by atoms with van der Waals surface area (Å²) in [5, 5.41) is 8.29. The fraction of sp³-hybridized carbons (Fsp3) is 0.625. The number of aromatic amines is 2. The zero-order valence-corrected chi connectivity index (χ0v) is 8.83. The monoisotopic (exact) mass is 213 g/mol. The molecule has 0 atom stereocenters. The lowest BCUT2D eigenvalue weighted by molar-refractivity contribution is 0.0942. The summed E-state index contributed by atoms with van der Waals surface area (Å²) in [4.78, 5) is 26.3. The van der Waals surface area contributed by atoms with Crippen LogP contribution in [0.25, 0.3) is 0 Å². The molecule has 0 fully saturated rings. The molecule has 0 spiro atoms. The molecule has 0 bridgehead atoms. The van der Waals surface area contributed by atoms with E-state index in [0.29, 0.717) is 6.54 Å². The van der Waals surface area contributed by atoms with Crippen LogP contribution in [0.15, 0.2) is 4.79 Å². The molecule has 0 saturated heterocycles. The van der Waals surface area contributed by atoms with Crippen molar-refractivity contribution in [2.75, 3.05) is 27.2 Å². The molecule has 0 unspecified atom stereocenters. The SMILES string of the molecule is CN(C)CCCNC(=O)c1n[nH]c(=O)[nH]1. The molecule has 0 aliphatic heterocycles. The number of aromatic nitrogens is 3. The first-order valence-electron chi connectivity index (χ1n) is 4.67. The predicted molar refractivity (Wildman–Crippen MR) is 54.7 cm³/mol. The first-order chi connectivity index (χ1) is 7.09. The van der Waals surface area contributed by atoms with Gasteiger partial charge in [-0.25, -0.2) is 9.89 Å². The van der Waals surface area contributed by atoms with Crippen molar-refractivity contribution in [3.63, 3.8) is 0 Å². The van der Waals surface area contributed by atoms with Crippen molar-refractivity contribution >= 4 is 5.91 Å². The summed E-state index contributed by atoms with van der Waals surface area (Å²) in [5.74, 6) is -0.350. The minimum absolute atomic E-state index is 0.0184. The van der Waals surface area contributed by atoms with Gasteiger partial charge in [0.25, 0.3) is 5.91 Å². The van der Waals surface area contributed by atoms with E-state index < -0.39 is 5.69 Å². The Bertz CT molecular complexity index is 367. The summed E-state index contributed by atoms with van der Waals surface area (Å²) in [6.07, 6.45) is 0.855. The second-order valence-electron chi connectivity index (χ2n) is 3.44. The lowest BCUT2D eigenvalue weighted by Crippen LogP contribution is -2.28. The molecular formula is C8H15N5O2. The summed E-state index contributed by atoms with van der Waals surface area (Å²) in [7, 11) is 3.93. The number of nitrogens with zero attached hydrogens (tertiary/aromatic N) is 2. The average Bonchev–Trinajstić information content (AvgIpc) is 2.59. The summed E-state index contributed by atoms with van der Waals surface area (Å²) in [6.45, 7) is 1.46. The van der Waals surface area contributed by atoms with E-state index in [1.807, 2.05) is 19.0 Å². The van der Waals surface area contributed by atoms with E-state index in [1.165, 1.54) is 0 Å². The quantitative estimate of drug-likeness (QED) is 0.534. The van der Waals surface area contributed by atoms with E-state index in [9.17, 15) is 9.59 Å². The van der Waals surface area contributed by atoms with Crippen LogP contribution in [-0.4, -0.2) is 53.2 Å².